The van der Waals surface area contributed by atoms with Crippen molar-refractivity contribution in [2.24, 2.45) is 5.84 Å². The molecule has 1 aliphatic rings. The first-order chi connectivity index (χ1) is 6.25. The van der Waals surface area contributed by atoms with Gasteiger partial charge in [0, 0.05) is 13.2 Å². The molecule has 0 aromatic carbocycles. The minimum atomic E-state index is -0.0226. The smallest absolute Gasteiger partial charge is 0.0841 e. The van der Waals surface area contributed by atoms with Crippen LogP contribution in [0.1, 0.15) is 45.4 Å². The van der Waals surface area contributed by atoms with Crippen LogP contribution in [0.2, 0.25) is 0 Å². The molecule has 1 unspecified atom stereocenters. The zero-order valence-corrected chi connectivity index (χ0v) is 8.81. The van der Waals surface area contributed by atoms with Gasteiger partial charge in [0.2, 0.25) is 0 Å². The van der Waals surface area contributed by atoms with Crippen molar-refractivity contribution < 1.29 is 4.74 Å². The van der Waals surface area contributed by atoms with Crippen LogP contribution in [-0.2, 0) is 4.74 Å². The molecule has 3 nitrogen and oxygen atoms in total. The average molecular weight is 186 g/mol. The summed E-state index contributed by atoms with van der Waals surface area (Å²) in [5.41, 5.74) is 2.81. The second kappa shape index (κ2) is 4.94. The maximum Gasteiger partial charge on any atom is 0.0841 e. The first-order valence-corrected chi connectivity index (χ1v) is 5.26. The molecule has 0 amide bonds. The monoisotopic (exact) mass is 186 g/mol. The van der Waals surface area contributed by atoms with Crippen LogP contribution in [0.4, 0.5) is 0 Å². The number of hydrazine groups is 1. The van der Waals surface area contributed by atoms with E-state index >= 15 is 0 Å². The van der Waals surface area contributed by atoms with Crippen LogP contribution < -0.4 is 11.3 Å². The maximum absolute atomic E-state index is 5.67. The molecule has 0 aromatic rings. The summed E-state index contributed by atoms with van der Waals surface area (Å²) in [5.74, 6) is 5.48. The molecular formula is C10H22N2O. The zero-order chi connectivity index (χ0) is 9.73. The molecule has 0 heterocycles. The van der Waals surface area contributed by atoms with Gasteiger partial charge in [-0.05, 0) is 19.8 Å². The first-order valence-electron chi connectivity index (χ1n) is 5.26. The van der Waals surface area contributed by atoms with Crippen LogP contribution in [0.25, 0.3) is 0 Å². The first kappa shape index (κ1) is 11.0. The van der Waals surface area contributed by atoms with E-state index in [0.717, 1.165) is 12.8 Å². The van der Waals surface area contributed by atoms with Gasteiger partial charge in [0.25, 0.3) is 0 Å². The lowest BCUT2D eigenvalue weighted by Gasteiger charge is -2.36. The van der Waals surface area contributed by atoms with Gasteiger partial charge in [-0.25, -0.2) is 0 Å². The normalized spacial score (nSPS) is 25.2. The lowest BCUT2D eigenvalue weighted by molar-refractivity contribution is -0.0480. The topological polar surface area (TPSA) is 47.3 Å². The van der Waals surface area contributed by atoms with E-state index in [0.29, 0.717) is 0 Å². The van der Waals surface area contributed by atoms with Gasteiger partial charge in [-0.3, -0.25) is 11.3 Å². The summed E-state index contributed by atoms with van der Waals surface area (Å²) >= 11 is 0. The van der Waals surface area contributed by atoms with Gasteiger partial charge in [-0.1, -0.05) is 25.7 Å². The van der Waals surface area contributed by atoms with Crippen molar-refractivity contribution in [2.45, 2.75) is 57.1 Å². The second-order valence-electron chi connectivity index (χ2n) is 4.07. The summed E-state index contributed by atoms with van der Waals surface area (Å²) in [5, 5.41) is 0. The molecule has 0 aliphatic heterocycles. The van der Waals surface area contributed by atoms with Gasteiger partial charge in [0.1, 0.15) is 0 Å². The predicted octanol–water partition coefficient (Wildman–Crippen LogP) is 1.58. The summed E-state index contributed by atoms with van der Waals surface area (Å²) < 4.78 is 5.67. The van der Waals surface area contributed by atoms with E-state index in [9.17, 15) is 0 Å². The predicted molar refractivity (Wildman–Crippen MR) is 54.2 cm³/mol. The third-order valence-electron chi connectivity index (χ3n) is 3.40. The van der Waals surface area contributed by atoms with Crippen LogP contribution >= 0.6 is 0 Å². The molecule has 1 saturated carbocycles. The van der Waals surface area contributed by atoms with Crippen molar-refractivity contribution in [3.63, 3.8) is 0 Å². The largest absolute Gasteiger partial charge is 0.377 e. The molecule has 78 valence electrons. The Labute approximate surface area is 81.0 Å². The fourth-order valence-corrected chi connectivity index (χ4v) is 2.29. The van der Waals surface area contributed by atoms with Gasteiger partial charge in [-0.2, -0.15) is 0 Å². The highest BCUT2D eigenvalue weighted by Crippen LogP contribution is 2.32. The Morgan fingerprint density at radius 2 is 1.77 bits per heavy atom. The molecule has 1 atom stereocenters. The molecule has 1 aliphatic carbocycles. The minimum Gasteiger partial charge on any atom is -0.377 e. The molecule has 0 bridgehead atoms. The van der Waals surface area contributed by atoms with Gasteiger partial charge >= 0.3 is 0 Å². The molecule has 0 radical (unpaired) electrons. The fourth-order valence-electron chi connectivity index (χ4n) is 2.29. The Morgan fingerprint density at radius 3 is 2.15 bits per heavy atom. The van der Waals surface area contributed by atoms with E-state index in [4.69, 9.17) is 10.6 Å². The van der Waals surface area contributed by atoms with E-state index < -0.39 is 0 Å². The summed E-state index contributed by atoms with van der Waals surface area (Å²) in [7, 11) is 1.80. The van der Waals surface area contributed by atoms with Gasteiger partial charge in [-0.15, -0.1) is 0 Å². The summed E-state index contributed by atoms with van der Waals surface area (Å²) in [4.78, 5) is 0. The number of methoxy groups -OCH3 is 1. The highest BCUT2D eigenvalue weighted by Gasteiger charge is 2.35. The quantitative estimate of drug-likeness (QED) is 0.399. The summed E-state index contributed by atoms with van der Waals surface area (Å²) in [6, 6.07) is 0.246. The van der Waals surface area contributed by atoms with Gasteiger partial charge < -0.3 is 4.74 Å². The van der Waals surface area contributed by atoms with Crippen molar-refractivity contribution in [3.05, 3.63) is 0 Å². The van der Waals surface area contributed by atoms with E-state index in [-0.39, 0.29) is 11.6 Å². The highest BCUT2D eigenvalue weighted by atomic mass is 16.5. The standard InChI is InChI=1S/C10H22N2O/c1-9(12-11)10(13-2)7-5-3-4-6-8-10/h9,12H,3-8,11H2,1-2H3. The van der Waals surface area contributed by atoms with Crippen LogP contribution in [0, 0.1) is 0 Å². The Bertz CT molecular complexity index is 142. The molecule has 0 spiro atoms. The van der Waals surface area contributed by atoms with Crippen molar-refractivity contribution in [1.82, 2.24) is 5.43 Å². The lowest BCUT2D eigenvalue weighted by Crippen LogP contribution is -2.52. The Hall–Kier alpha value is -0.120. The number of nitrogens with one attached hydrogen (secondary N) is 1. The summed E-state index contributed by atoms with van der Waals surface area (Å²) in [6.45, 7) is 2.11. The van der Waals surface area contributed by atoms with Crippen molar-refractivity contribution in [3.8, 4) is 0 Å². The third-order valence-corrected chi connectivity index (χ3v) is 3.40. The van der Waals surface area contributed by atoms with Crippen molar-refractivity contribution in [2.75, 3.05) is 7.11 Å². The highest BCUT2D eigenvalue weighted by molar-refractivity contribution is 4.90. The van der Waals surface area contributed by atoms with Crippen molar-refractivity contribution >= 4 is 0 Å². The molecule has 13 heavy (non-hydrogen) atoms. The molecule has 1 fully saturated rings. The molecule has 3 N–H and O–H groups in total. The number of hydrogen-bond acceptors (Lipinski definition) is 3. The van der Waals surface area contributed by atoms with E-state index in [1.54, 1.807) is 7.11 Å². The molecule has 3 heteroatoms. The fraction of sp³-hybridized carbons (Fsp3) is 1.00. The molecule has 1 rings (SSSR count). The Kier molecular flexibility index (Phi) is 4.16. The second-order valence-corrected chi connectivity index (χ2v) is 4.07. The number of ether oxygens (including phenoxy) is 1. The van der Waals surface area contributed by atoms with Crippen LogP contribution in [0.5, 0.6) is 0 Å². The van der Waals surface area contributed by atoms with Gasteiger partial charge in [0.05, 0.1) is 5.60 Å². The van der Waals surface area contributed by atoms with Gasteiger partial charge in [0.15, 0.2) is 0 Å². The molecular weight excluding hydrogens is 164 g/mol. The Balaban J connectivity index is 2.64. The van der Waals surface area contributed by atoms with Crippen LogP contribution in [0.3, 0.4) is 0 Å². The number of nitrogens with two attached hydrogens (primary N) is 1. The van der Waals surface area contributed by atoms with E-state index in [2.05, 4.69) is 12.3 Å². The van der Waals surface area contributed by atoms with Crippen LogP contribution in [0.15, 0.2) is 0 Å². The zero-order valence-electron chi connectivity index (χ0n) is 8.81. The average Bonchev–Trinajstić information content (AvgIpc) is 2.42. The van der Waals surface area contributed by atoms with Crippen molar-refractivity contribution in [1.29, 1.82) is 0 Å². The minimum absolute atomic E-state index is 0.0226. The number of rotatable bonds is 3. The lowest BCUT2D eigenvalue weighted by atomic mass is 9.87. The third kappa shape index (κ3) is 2.42. The van der Waals surface area contributed by atoms with Crippen LogP contribution in [-0.4, -0.2) is 18.8 Å². The Morgan fingerprint density at radius 1 is 1.23 bits per heavy atom. The summed E-state index contributed by atoms with van der Waals surface area (Å²) in [6.07, 6.45) is 7.47. The van der Waals surface area contributed by atoms with E-state index in [1.165, 1.54) is 25.7 Å². The molecule has 0 aromatic heterocycles. The SMILES string of the molecule is COC1(C(C)NN)CCCCCC1. The molecule has 0 saturated heterocycles. The maximum atomic E-state index is 5.67. The number of hydrogen-bond donors (Lipinski definition) is 2. The van der Waals surface area contributed by atoms with E-state index in [1.807, 2.05) is 0 Å².